The van der Waals surface area contributed by atoms with E-state index in [1.165, 1.54) is 31.2 Å². The Morgan fingerprint density at radius 2 is 1.90 bits per heavy atom. The molecule has 1 aromatic rings. The van der Waals surface area contributed by atoms with E-state index in [2.05, 4.69) is 24.0 Å². The monoisotopic (exact) mass is 276 g/mol. The Morgan fingerprint density at radius 1 is 1.20 bits per heavy atom. The molecule has 2 N–H and O–H groups in total. The molecular weight excluding hydrogens is 248 g/mol. The third-order valence-corrected chi connectivity index (χ3v) is 4.59. The molecule has 0 bridgehead atoms. The summed E-state index contributed by atoms with van der Waals surface area (Å²) < 4.78 is 5.22. The molecule has 1 fully saturated rings. The summed E-state index contributed by atoms with van der Waals surface area (Å²) in [5.74, 6) is 1.59. The molecule has 0 spiro atoms. The molecule has 0 aromatic heterocycles. The summed E-state index contributed by atoms with van der Waals surface area (Å²) in [5.41, 5.74) is 7.33. The van der Waals surface area contributed by atoms with Gasteiger partial charge < -0.3 is 10.5 Å². The molecule has 0 amide bonds. The maximum absolute atomic E-state index is 5.97. The molecule has 112 valence electrons. The molecule has 1 aliphatic carbocycles. The normalized spacial score (nSPS) is 23.0. The fourth-order valence-corrected chi connectivity index (χ4v) is 3.37. The van der Waals surface area contributed by atoms with E-state index in [9.17, 15) is 0 Å². The van der Waals surface area contributed by atoms with E-state index < -0.39 is 0 Å². The number of rotatable bonds is 6. The summed E-state index contributed by atoms with van der Waals surface area (Å²) in [4.78, 5) is 2.60. The number of benzene rings is 1. The zero-order chi connectivity index (χ0) is 14.4. The van der Waals surface area contributed by atoms with Crippen molar-refractivity contribution in [3.8, 4) is 5.75 Å². The van der Waals surface area contributed by atoms with E-state index in [0.29, 0.717) is 12.0 Å². The van der Waals surface area contributed by atoms with Gasteiger partial charge in [0.1, 0.15) is 5.75 Å². The highest BCUT2D eigenvalue weighted by Gasteiger charge is 2.28. The Hall–Kier alpha value is -1.06. The summed E-state index contributed by atoms with van der Waals surface area (Å²) >= 11 is 0. The minimum Gasteiger partial charge on any atom is -0.497 e. The summed E-state index contributed by atoms with van der Waals surface area (Å²) in [7, 11) is 1.71. The van der Waals surface area contributed by atoms with E-state index in [1.54, 1.807) is 7.11 Å². The van der Waals surface area contributed by atoms with Crippen molar-refractivity contribution in [2.24, 2.45) is 11.7 Å². The first-order valence-corrected chi connectivity index (χ1v) is 7.85. The fraction of sp³-hybridized carbons (Fsp3) is 0.647. The lowest BCUT2D eigenvalue weighted by Gasteiger charge is -2.39. The third-order valence-electron chi connectivity index (χ3n) is 4.59. The molecule has 3 nitrogen and oxygen atoms in total. The fourth-order valence-electron chi connectivity index (χ4n) is 3.37. The Labute approximate surface area is 123 Å². The SMILES string of the molecule is CCN(Cc1ccc(OC)cc1)C1CCCCC1CN. The number of hydrogen-bond donors (Lipinski definition) is 1. The molecule has 2 unspecified atom stereocenters. The van der Waals surface area contributed by atoms with Crippen molar-refractivity contribution in [2.45, 2.75) is 45.2 Å². The van der Waals surface area contributed by atoms with Crippen LogP contribution < -0.4 is 10.5 Å². The van der Waals surface area contributed by atoms with Crippen LogP contribution in [0.1, 0.15) is 38.2 Å². The lowest BCUT2D eigenvalue weighted by molar-refractivity contribution is 0.105. The first-order chi connectivity index (χ1) is 9.78. The second-order valence-corrected chi connectivity index (χ2v) is 5.76. The highest BCUT2D eigenvalue weighted by atomic mass is 16.5. The minimum atomic E-state index is 0.654. The van der Waals surface area contributed by atoms with E-state index in [0.717, 1.165) is 25.4 Å². The number of nitrogens with two attached hydrogens (primary N) is 1. The standard InChI is InChI=1S/C17H28N2O/c1-3-19(17-7-5-4-6-15(17)12-18)13-14-8-10-16(20-2)11-9-14/h8-11,15,17H,3-7,12-13,18H2,1-2H3. The van der Waals surface area contributed by atoms with Crippen molar-refractivity contribution in [2.75, 3.05) is 20.2 Å². The van der Waals surface area contributed by atoms with Crippen LogP contribution in [0.2, 0.25) is 0 Å². The number of hydrogen-bond acceptors (Lipinski definition) is 3. The first-order valence-electron chi connectivity index (χ1n) is 7.85. The van der Waals surface area contributed by atoms with Crippen molar-refractivity contribution in [1.29, 1.82) is 0 Å². The van der Waals surface area contributed by atoms with Gasteiger partial charge in [-0.1, -0.05) is 31.9 Å². The van der Waals surface area contributed by atoms with Gasteiger partial charge in [0, 0.05) is 12.6 Å². The zero-order valence-electron chi connectivity index (χ0n) is 12.8. The maximum atomic E-state index is 5.97. The van der Waals surface area contributed by atoms with Crippen molar-refractivity contribution in [1.82, 2.24) is 4.90 Å². The smallest absolute Gasteiger partial charge is 0.118 e. The van der Waals surface area contributed by atoms with Crippen LogP contribution in [-0.2, 0) is 6.54 Å². The Kier molecular flexibility index (Phi) is 5.86. The summed E-state index contributed by atoms with van der Waals surface area (Å²) in [6, 6.07) is 9.08. The van der Waals surface area contributed by atoms with Crippen molar-refractivity contribution < 1.29 is 4.74 Å². The van der Waals surface area contributed by atoms with Crippen LogP contribution in [0.3, 0.4) is 0 Å². The number of methoxy groups -OCH3 is 1. The Bertz CT molecular complexity index is 390. The van der Waals surface area contributed by atoms with Crippen LogP contribution in [-0.4, -0.2) is 31.1 Å². The van der Waals surface area contributed by atoms with Gasteiger partial charge in [-0.15, -0.1) is 0 Å². The molecule has 2 atom stereocenters. The lowest BCUT2D eigenvalue weighted by atomic mass is 9.83. The van der Waals surface area contributed by atoms with Gasteiger partial charge in [0.15, 0.2) is 0 Å². The molecule has 0 aliphatic heterocycles. The summed E-state index contributed by atoms with van der Waals surface area (Å²) in [6.07, 6.45) is 5.28. The maximum Gasteiger partial charge on any atom is 0.118 e. The molecule has 1 saturated carbocycles. The van der Waals surface area contributed by atoms with Crippen LogP contribution in [0.25, 0.3) is 0 Å². The van der Waals surface area contributed by atoms with Crippen LogP contribution in [0, 0.1) is 5.92 Å². The van der Waals surface area contributed by atoms with E-state index in [4.69, 9.17) is 10.5 Å². The molecular formula is C17H28N2O. The average molecular weight is 276 g/mol. The predicted octanol–water partition coefficient (Wildman–Crippen LogP) is 3.03. The van der Waals surface area contributed by atoms with Gasteiger partial charge in [0.05, 0.1) is 7.11 Å². The zero-order valence-corrected chi connectivity index (χ0v) is 12.8. The van der Waals surface area contributed by atoms with Gasteiger partial charge >= 0.3 is 0 Å². The molecule has 0 saturated heterocycles. The number of ether oxygens (including phenoxy) is 1. The van der Waals surface area contributed by atoms with Crippen molar-refractivity contribution in [3.63, 3.8) is 0 Å². The molecule has 2 rings (SSSR count). The van der Waals surface area contributed by atoms with Crippen LogP contribution in [0.15, 0.2) is 24.3 Å². The summed E-state index contributed by atoms with van der Waals surface area (Å²) in [5, 5.41) is 0. The second kappa shape index (κ2) is 7.65. The lowest BCUT2D eigenvalue weighted by Crippen LogP contribution is -2.44. The Balaban J connectivity index is 2.02. The van der Waals surface area contributed by atoms with Gasteiger partial charge in [-0.25, -0.2) is 0 Å². The summed E-state index contributed by atoms with van der Waals surface area (Å²) in [6.45, 7) is 5.18. The van der Waals surface area contributed by atoms with Crippen molar-refractivity contribution in [3.05, 3.63) is 29.8 Å². The van der Waals surface area contributed by atoms with E-state index >= 15 is 0 Å². The second-order valence-electron chi connectivity index (χ2n) is 5.76. The largest absolute Gasteiger partial charge is 0.497 e. The van der Waals surface area contributed by atoms with Gasteiger partial charge in [-0.05, 0) is 49.5 Å². The van der Waals surface area contributed by atoms with E-state index in [1.807, 2.05) is 12.1 Å². The quantitative estimate of drug-likeness (QED) is 0.868. The van der Waals surface area contributed by atoms with Crippen LogP contribution in [0.4, 0.5) is 0 Å². The van der Waals surface area contributed by atoms with Gasteiger partial charge in [0.2, 0.25) is 0 Å². The van der Waals surface area contributed by atoms with Gasteiger partial charge in [-0.2, -0.15) is 0 Å². The first kappa shape index (κ1) is 15.3. The highest BCUT2D eigenvalue weighted by Crippen LogP contribution is 2.29. The van der Waals surface area contributed by atoms with E-state index in [-0.39, 0.29) is 0 Å². The highest BCUT2D eigenvalue weighted by molar-refractivity contribution is 5.27. The van der Waals surface area contributed by atoms with Crippen LogP contribution in [0.5, 0.6) is 5.75 Å². The molecule has 0 heterocycles. The predicted molar refractivity (Wildman–Crippen MR) is 83.9 cm³/mol. The Morgan fingerprint density at radius 3 is 2.50 bits per heavy atom. The van der Waals surface area contributed by atoms with Gasteiger partial charge in [0.25, 0.3) is 0 Å². The number of nitrogens with zero attached hydrogens (tertiary/aromatic N) is 1. The van der Waals surface area contributed by atoms with Crippen LogP contribution >= 0.6 is 0 Å². The molecule has 20 heavy (non-hydrogen) atoms. The van der Waals surface area contributed by atoms with Crippen molar-refractivity contribution >= 4 is 0 Å². The molecule has 0 radical (unpaired) electrons. The molecule has 1 aromatic carbocycles. The third kappa shape index (κ3) is 3.74. The minimum absolute atomic E-state index is 0.654. The molecule has 3 heteroatoms. The average Bonchev–Trinajstić information content (AvgIpc) is 2.53. The topological polar surface area (TPSA) is 38.5 Å². The van der Waals surface area contributed by atoms with Gasteiger partial charge in [-0.3, -0.25) is 4.90 Å². The molecule has 1 aliphatic rings.